The van der Waals surface area contributed by atoms with Gasteiger partial charge in [-0.05, 0) is 64.1 Å². The van der Waals surface area contributed by atoms with E-state index in [9.17, 15) is 0 Å². The Hall–Kier alpha value is -0.350. The summed E-state index contributed by atoms with van der Waals surface area (Å²) in [6, 6.07) is 8.52. The lowest BCUT2D eigenvalue weighted by atomic mass is 9.98. The van der Waals surface area contributed by atoms with Crippen LogP contribution in [0.4, 0.5) is 0 Å². The Morgan fingerprint density at radius 1 is 1.37 bits per heavy atom. The monoisotopic (exact) mass is 357 g/mol. The quantitative estimate of drug-likeness (QED) is 0.758. The zero-order valence-electron chi connectivity index (χ0n) is 11.0. The Bertz CT molecular complexity index is 553. The Balaban J connectivity index is 2.29. The molecular formula is C15H17BrClNS. The van der Waals surface area contributed by atoms with Crippen LogP contribution < -0.4 is 5.32 Å². The second-order valence-electron chi connectivity index (χ2n) is 4.51. The normalized spacial score (nSPS) is 12.6. The fourth-order valence-electron chi connectivity index (χ4n) is 2.18. The lowest BCUT2D eigenvalue weighted by Gasteiger charge is -2.20. The van der Waals surface area contributed by atoms with Crippen molar-refractivity contribution in [3.05, 3.63) is 55.1 Å². The predicted octanol–water partition coefficient (Wildman–Crippen LogP) is 5.37. The van der Waals surface area contributed by atoms with Crippen LogP contribution in [0.1, 0.15) is 29.0 Å². The highest BCUT2D eigenvalue weighted by Crippen LogP contribution is 2.30. The molecule has 0 aliphatic rings. The van der Waals surface area contributed by atoms with Crippen LogP contribution in [0.2, 0.25) is 5.02 Å². The van der Waals surface area contributed by atoms with Gasteiger partial charge in [0.15, 0.2) is 0 Å². The van der Waals surface area contributed by atoms with E-state index in [1.807, 2.05) is 6.07 Å². The van der Waals surface area contributed by atoms with E-state index in [0.29, 0.717) is 6.04 Å². The summed E-state index contributed by atoms with van der Waals surface area (Å²) in [4.78, 5) is 1.37. The SMILES string of the molecule is CCNC(Cc1sccc1Br)c1cc(Cl)ccc1C. The van der Waals surface area contributed by atoms with Crippen molar-refractivity contribution in [1.29, 1.82) is 0 Å². The Kier molecular flexibility index (Phi) is 5.46. The summed E-state index contributed by atoms with van der Waals surface area (Å²) in [5, 5.41) is 6.48. The van der Waals surface area contributed by atoms with Crippen LogP contribution in [-0.4, -0.2) is 6.54 Å². The molecule has 1 aromatic heterocycles. The number of hydrogen-bond donors (Lipinski definition) is 1. The van der Waals surface area contributed by atoms with E-state index >= 15 is 0 Å². The van der Waals surface area contributed by atoms with Crippen LogP contribution >= 0.6 is 38.9 Å². The fraction of sp³-hybridized carbons (Fsp3) is 0.333. The lowest BCUT2D eigenvalue weighted by Crippen LogP contribution is -2.23. The van der Waals surface area contributed by atoms with Gasteiger partial charge < -0.3 is 5.32 Å². The van der Waals surface area contributed by atoms with E-state index in [2.05, 4.69) is 58.7 Å². The molecule has 0 bridgehead atoms. The van der Waals surface area contributed by atoms with Gasteiger partial charge >= 0.3 is 0 Å². The molecule has 1 heterocycles. The zero-order chi connectivity index (χ0) is 13.8. The van der Waals surface area contributed by atoms with Crippen molar-refractivity contribution < 1.29 is 0 Å². The summed E-state index contributed by atoms with van der Waals surface area (Å²) in [7, 11) is 0. The number of benzene rings is 1. The minimum Gasteiger partial charge on any atom is -0.310 e. The van der Waals surface area contributed by atoms with Gasteiger partial charge in [0.25, 0.3) is 0 Å². The third-order valence-corrected chi connectivity index (χ3v) is 5.33. The summed E-state index contributed by atoms with van der Waals surface area (Å²) in [6.07, 6.45) is 0.979. The molecule has 2 aromatic rings. The van der Waals surface area contributed by atoms with Crippen molar-refractivity contribution in [1.82, 2.24) is 5.32 Å². The fourth-order valence-corrected chi connectivity index (χ4v) is 3.92. The van der Waals surface area contributed by atoms with Crippen molar-refractivity contribution in [2.45, 2.75) is 26.3 Å². The third-order valence-electron chi connectivity index (χ3n) is 3.15. The molecule has 1 nitrogen and oxygen atoms in total. The maximum Gasteiger partial charge on any atom is 0.0409 e. The topological polar surface area (TPSA) is 12.0 Å². The van der Waals surface area contributed by atoms with Gasteiger partial charge in [-0.25, -0.2) is 0 Å². The molecule has 1 atom stereocenters. The molecule has 19 heavy (non-hydrogen) atoms. The number of nitrogens with one attached hydrogen (secondary N) is 1. The molecule has 1 unspecified atom stereocenters. The Morgan fingerprint density at radius 3 is 2.79 bits per heavy atom. The van der Waals surface area contributed by atoms with Crippen LogP contribution in [0.25, 0.3) is 0 Å². The van der Waals surface area contributed by atoms with E-state index in [1.54, 1.807) is 11.3 Å². The lowest BCUT2D eigenvalue weighted by molar-refractivity contribution is 0.550. The number of likely N-dealkylation sites (N-methyl/N-ethyl adjacent to an activating group) is 1. The van der Waals surface area contributed by atoms with Crippen LogP contribution in [-0.2, 0) is 6.42 Å². The molecular weight excluding hydrogens is 342 g/mol. The van der Waals surface area contributed by atoms with Gasteiger partial charge in [-0.3, -0.25) is 0 Å². The van der Waals surface area contributed by atoms with Crippen LogP contribution in [0.15, 0.2) is 34.1 Å². The molecule has 0 amide bonds. The molecule has 0 aliphatic carbocycles. The van der Waals surface area contributed by atoms with Gasteiger partial charge in [0.05, 0.1) is 0 Å². The summed E-state index contributed by atoms with van der Waals surface area (Å²) < 4.78 is 1.19. The molecule has 2 rings (SSSR count). The van der Waals surface area contributed by atoms with E-state index in [-0.39, 0.29) is 0 Å². The molecule has 0 radical (unpaired) electrons. The molecule has 0 saturated carbocycles. The van der Waals surface area contributed by atoms with Crippen LogP contribution in [0.5, 0.6) is 0 Å². The largest absolute Gasteiger partial charge is 0.310 e. The van der Waals surface area contributed by atoms with Crippen molar-refractivity contribution in [2.24, 2.45) is 0 Å². The number of halogens is 2. The number of hydrogen-bond acceptors (Lipinski definition) is 2. The Labute approximate surface area is 132 Å². The number of thiophene rings is 1. The first-order valence-electron chi connectivity index (χ1n) is 6.33. The summed E-state index contributed by atoms with van der Waals surface area (Å²) in [5.74, 6) is 0. The highest BCUT2D eigenvalue weighted by atomic mass is 79.9. The number of aryl methyl sites for hydroxylation is 1. The maximum absolute atomic E-state index is 6.14. The molecule has 0 aliphatic heterocycles. The summed E-state index contributed by atoms with van der Waals surface area (Å²) in [5.41, 5.74) is 2.57. The van der Waals surface area contributed by atoms with E-state index in [1.165, 1.54) is 20.5 Å². The van der Waals surface area contributed by atoms with Gasteiger partial charge in [0.1, 0.15) is 0 Å². The standard InChI is InChI=1S/C15H17BrClNS/c1-3-18-14(9-15-13(16)6-7-19-15)12-8-11(17)5-4-10(12)2/h4-8,14,18H,3,9H2,1-2H3. The van der Waals surface area contributed by atoms with E-state index in [4.69, 9.17) is 11.6 Å². The molecule has 0 spiro atoms. The van der Waals surface area contributed by atoms with E-state index in [0.717, 1.165) is 18.0 Å². The summed E-state index contributed by atoms with van der Waals surface area (Å²) >= 11 is 11.5. The third kappa shape index (κ3) is 3.82. The average molecular weight is 359 g/mol. The zero-order valence-corrected chi connectivity index (χ0v) is 14.2. The minimum atomic E-state index is 0.304. The minimum absolute atomic E-state index is 0.304. The Morgan fingerprint density at radius 2 is 2.16 bits per heavy atom. The van der Waals surface area contributed by atoms with Crippen LogP contribution in [0.3, 0.4) is 0 Å². The van der Waals surface area contributed by atoms with Gasteiger partial charge in [-0.2, -0.15) is 0 Å². The van der Waals surface area contributed by atoms with Gasteiger partial charge in [0, 0.05) is 26.8 Å². The molecule has 1 aromatic carbocycles. The molecule has 0 saturated heterocycles. The van der Waals surface area contributed by atoms with Crippen LogP contribution in [0, 0.1) is 6.92 Å². The van der Waals surface area contributed by atoms with Gasteiger partial charge in [-0.1, -0.05) is 24.6 Å². The van der Waals surface area contributed by atoms with Crippen molar-refractivity contribution in [2.75, 3.05) is 6.54 Å². The predicted molar refractivity (Wildman–Crippen MR) is 88.3 cm³/mol. The molecule has 102 valence electrons. The first kappa shape index (κ1) is 15.0. The first-order valence-corrected chi connectivity index (χ1v) is 8.38. The molecule has 4 heteroatoms. The summed E-state index contributed by atoms with van der Waals surface area (Å²) in [6.45, 7) is 5.22. The first-order chi connectivity index (χ1) is 9.11. The maximum atomic E-state index is 6.14. The smallest absolute Gasteiger partial charge is 0.0409 e. The highest BCUT2D eigenvalue weighted by molar-refractivity contribution is 9.10. The van der Waals surface area contributed by atoms with Gasteiger partial charge in [-0.15, -0.1) is 11.3 Å². The molecule has 0 fully saturated rings. The second kappa shape index (κ2) is 6.89. The van der Waals surface area contributed by atoms with E-state index < -0.39 is 0 Å². The van der Waals surface area contributed by atoms with Crippen molar-refractivity contribution >= 4 is 38.9 Å². The number of rotatable bonds is 5. The second-order valence-corrected chi connectivity index (χ2v) is 6.80. The van der Waals surface area contributed by atoms with Gasteiger partial charge in [0.2, 0.25) is 0 Å². The molecule has 1 N–H and O–H groups in total. The highest BCUT2D eigenvalue weighted by Gasteiger charge is 2.16. The van der Waals surface area contributed by atoms with Crippen molar-refractivity contribution in [3.8, 4) is 0 Å². The van der Waals surface area contributed by atoms with Crippen molar-refractivity contribution in [3.63, 3.8) is 0 Å². The average Bonchev–Trinajstić information content (AvgIpc) is 2.78.